The topological polar surface area (TPSA) is 34.1 Å². The van der Waals surface area contributed by atoms with Crippen LogP contribution in [0.3, 0.4) is 0 Å². The maximum absolute atomic E-state index is 5.17. The van der Waals surface area contributed by atoms with E-state index in [9.17, 15) is 0 Å². The quantitative estimate of drug-likeness (QED) is 0.818. The number of aryl methyl sites for hydroxylation is 1. The molecular weight excluding hydrogens is 256 g/mol. The summed E-state index contributed by atoms with van der Waals surface area (Å²) in [5.41, 5.74) is 2.27. The average molecular weight is 276 g/mol. The highest BCUT2D eigenvalue weighted by Gasteiger charge is 2.09. The molecule has 2 rings (SSSR count). The van der Waals surface area contributed by atoms with Crippen LogP contribution in [0.2, 0.25) is 0 Å². The molecular formula is C15H20N2OS. The Kier molecular flexibility index (Phi) is 4.93. The van der Waals surface area contributed by atoms with Crippen LogP contribution >= 0.6 is 11.3 Å². The standard InChI is InChI=1S/C15H20N2OS/c1-4-9-16-10-14-11(2)17-15(19-14)12-5-7-13(18-3)8-6-12/h5-8,16H,4,9-10H2,1-3H3. The van der Waals surface area contributed by atoms with Crippen molar-refractivity contribution >= 4 is 11.3 Å². The first kappa shape index (κ1) is 14.0. The van der Waals surface area contributed by atoms with Crippen molar-refractivity contribution in [3.05, 3.63) is 34.8 Å². The first-order valence-electron chi connectivity index (χ1n) is 6.56. The second kappa shape index (κ2) is 6.68. The summed E-state index contributed by atoms with van der Waals surface area (Å²) in [5.74, 6) is 0.877. The highest BCUT2D eigenvalue weighted by molar-refractivity contribution is 7.15. The smallest absolute Gasteiger partial charge is 0.123 e. The molecule has 3 nitrogen and oxygen atoms in total. The molecule has 0 bridgehead atoms. The van der Waals surface area contributed by atoms with E-state index < -0.39 is 0 Å². The van der Waals surface area contributed by atoms with Crippen LogP contribution in [0, 0.1) is 6.92 Å². The molecule has 1 N–H and O–H groups in total. The number of hydrogen-bond acceptors (Lipinski definition) is 4. The molecule has 0 saturated heterocycles. The zero-order valence-corrected chi connectivity index (χ0v) is 12.5. The predicted octanol–water partition coefficient (Wildman–Crippen LogP) is 3.63. The SMILES string of the molecule is CCCNCc1sc(-c2ccc(OC)cc2)nc1C. The van der Waals surface area contributed by atoms with Gasteiger partial charge in [0.1, 0.15) is 10.8 Å². The fourth-order valence-electron chi connectivity index (χ4n) is 1.83. The van der Waals surface area contributed by atoms with E-state index in [1.54, 1.807) is 18.4 Å². The Hall–Kier alpha value is -1.39. The molecule has 0 unspecified atom stereocenters. The number of thiazole rings is 1. The van der Waals surface area contributed by atoms with Gasteiger partial charge in [0.25, 0.3) is 0 Å². The van der Waals surface area contributed by atoms with Crippen molar-refractivity contribution in [2.75, 3.05) is 13.7 Å². The Morgan fingerprint density at radius 3 is 2.63 bits per heavy atom. The van der Waals surface area contributed by atoms with E-state index >= 15 is 0 Å². The second-order valence-electron chi connectivity index (χ2n) is 4.43. The van der Waals surface area contributed by atoms with E-state index in [0.29, 0.717) is 0 Å². The minimum atomic E-state index is 0.877. The Labute approximate surface area is 118 Å². The van der Waals surface area contributed by atoms with Crippen LogP contribution in [0.1, 0.15) is 23.9 Å². The number of nitrogens with zero attached hydrogens (tertiary/aromatic N) is 1. The van der Waals surface area contributed by atoms with Gasteiger partial charge >= 0.3 is 0 Å². The number of rotatable bonds is 6. The zero-order valence-electron chi connectivity index (χ0n) is 11.7. The molecule has 102 valence electrons. The lowest BCUT2D eigenvalue weighted by Crippen LogP contribution is -2.13. The van der Waals surface area contributed by atoms with Gasteiger partial charge in [0, 0.05) is 17.0 Å². The fourth-order valence-corrected chi connectivity index (χ4v) is 2.87. The molecule has 0 radical (unpaired) electrons. The van der Waals surface area contributed by atoms with Crippen molar-refractivity contribution in [3.8, 4) is 16.3 Å². The van der Waals surface area contributed by atoms with E-state index in [1.807, 2.05) is 12.1 Å². The van der Waals surface area contributed by atoms with Gasteiger partial charge in [-0.1, -0.05) is 6.92 Å². The summed E-state index contributed by atoms with van der Waals surface area (Å²) in [4.78, 5) is 5.97. The molecule has 19 heavy (non-hydrogen) atoms. The molecule has 0 spiro atoms. The maximum Gasteiger partial charge on any atom is 0.123 e. The van der Waals surface area contributed by atoms with Crippen LogP contribution in [-0.2, 0) is 6.54 Å². The van der Waals surface area contributed by atoms with Crippen molar-refractivity contribution in [2.24, 2.45) is 0 Å². The molecule has 0 saturated carbocycles. The molecule has 1 aromatic heterocycles. The molecule has 0 aliphatic heterocycles. The molecule has 2 aromatic rings. The zero-order chi connectivity index (χ0) is 13.7. The third-order valence-corrected chi connectivity index (χ3v) is 4.15. The Morgan fingerprint density at radius 1 is 1.26 bits per heavy atom. The van der Waals surface area contributed by atoms with Crippen molar-refractivity contribution in [3.63, 3.8) is 0 Å². The lowest BCUT2D eigenvalue weighted by Gasteiger charge is -2.00. The number of methoxy groups -OCH3 is 1. The fraction of sp³-hybridized carbons (Fsp3) is 0.400. The van der Waals surface area contributed by atoms with Gasteiger partial charge in [-0.15, -0.1) is 11.3 Å². The summed E-state index contributed by atoms with van der Waals surface area (Å²) in [6.45, 7) is 6.21. The minimum absolute atomic E-state index is 0.877. The van der Waals surface area contributed by atoms with E-state index in [1.165, 1.54) is 4.88 Å². The van der Waals surface area contributed by atoms with Crippen LogP contribution in [-0.4, -0.2) is 18.6 Å². The maximum atomic E-state index is 5.17. The predicted molar refractivity (Wildman–Crippen MR) is 80.8 cm³/mol. The normalized spacial score (nSPS) is 10.7. The van der Waals surface area contributed by atoms with Gasteiger partial charge in [-0.3, -0.25) is 0 Å². The third kappa shape index (κ3) is 3.55. The monoisotopic (exact) mass is 276 g/mol. The number of ether oxygens (including phenoxy) is 1. The first-order chi connectivity index (χ1) is 9.24. The summed E-state index contributed by atoms with van der Waals surface area (Å²) < 4.78 is 5.17. The second-order valence-corrected chi connectivity index (χ2v) is 5.52. The van der Waals surface area contributed by atoms with Crippen molar-refractivity contribution in [1.29, 1.82) is 0 Å². The third-order valence-electron chi connectivity index (χ3n) is 2.94. The molecule has 0 aliphatic carbocycles. The number of hydrogen-bond donors (Lipinski definition) is 1. The molecule has 1 aromatic carbocycles. The summed E-state index contributed by atoms with van der Waals surface area (Å²) in [7, 11) is 1.68. The Bertz CT molecular complexity index is 519. The van der Waals surface area contributed by atoms with Crippen LogP contribution < -0.4 is 10.1 Å². The summed E-state index contributed by atoms with van der Waals surface area (Å²) in [6, 6.07) is 8.06. The van der Waals surface area contributed by atoms with E-state index in [0.717, 1.165) is 41.5 Å². The van der Waals surface area contributed by atoms with Gasteiger partial charge < -0.3 is 10.1 Å². The van der Waals surface area contributed by atoms with Gasteiger partial charge in [0.15, 0.2) is 0 Å². The molecule has 0 atom stereocenters. The Balaban J connectivity index is 2.13. The summed E-state index contributed by atoms with van der Waals surface area (Å²) in [6.07, 6.45) is 1.16. The van der Waals surface area contributed by atoms with Gasteiger partial charge in [0.05, 0.1) is 12.8 Å². The van der Waals surface area contributed by atoms with Crippen LogP contribution in [0.15, 0.2) is 24.3 Å². The van der Waals surface area contributed by atoms with Gasteiger partial charge in [-0.25, -0.2) is 4.98 Å². The summed E-state index contributed by atoms with van der Waals surface area (Å²) >= 11 is 1.76. The van der Waals surface area contributed by atoms with Crippen molar-refractivity contribution < 1.29 is 4.74 Å². The van der Waals surface area contributed by atoms with Crippen LogP contribution in [0.4, 0.5) is 0 Å². The van der Waals surface area contributed by atoms with Crippen molar-refractivity contribution in [2.45, 2.75) is 26.8 Å². The largest absolute Gasteiger partial charge is 0.497 e. The van der Waals surface area contributed by atoms with E-state index in [-0.39, 0.29) is 0 Å². The van der Waals surface area contributed by atoms with Crippen LogP contribution in [0.25, 0.3) is 10.6 Å². The number of benzene rings is 1. The minimum Gasteiger partial charge on any atom is -0.497 e. The lowest BCUT2D eigenvalue weighted by molar-refractivity contribution is 0.415. The van der Waals surface area contributed by atoms with E-state index in [4.69, 9.17) is 4.74 Å². The highest BCUT2D eigenvalue weighted by atomic mass is 32.1. The van der Waals surface area contributed by atoms with Crippen LogP contribution in [0.5, 0.6) is 5.75 Å². The number of nitrogens with one attached hydrogen (secondary N) is 1. The average Bonchev–Trinajstić information content (AvgIpc) is 2.81. The lowest BCUT2D eigenvalue weighted by atomic mass is 10.2. The van der Waals surface area contributed by atoms with Gasteiger partial charge in [0.2, 0.25) is 0 Å². The molecule has 0 aliphatic rings. The molecule has 1 heterocycles. The van der Waals surface area contributed by atoms with Gasteiger partial charge in [-0.05, 0) is 44.2 Å². The van der Waals surface area contributed by atoms with Gasteiger partial charge in [-0.2, -0.15) is 0 Å². The van der Waals surface area contributed by atoms with Crippen molar-refractivity contribution in [1.82, 2.24) is 10.3 Å². The molecule has 0 fully saturated rings. The highest BCUT2D eigenvalue weighted by Crippen LogP contribution is 2.29. The number of aromatic nitrogens is 1. The molecule has 4 heteroatoms. The summed E-state index contributed by atoms with van der Waals surface area (Å²) in [5, 5.41) is 4.50. The first-order valence-corrected chi connectivity index (χ1v) is 7.37. The Morgan fingerprint density at radius 2 is 2.00 bits per heavy atom. The molecule has 0 amide bonds. The van der Waals surface area contributed by atoms with E-state index in [2.05, 4.69) is 36.3 Å².